The molecule has 0 saturated carbocycles. The van der Waals surface area contributed by atoms with Gasteiger partial charge in [0.15, 0.2) is 5.78 Å². The average molecular weight is 255 g/mol. The van der Waals surface area contributed by atoms with E-state index >= 15 is 0 Å². The Labute approximate surface area is 93.7 Å². The van der Waals surface area contributed by atoms with E-state index in [9.17, 15) is 4.79 Å². The van der Waals surface area contributed by atoms with Crippen LogP contribution < -0.4 is 0 Å². The number of rotatable bonds is 4. The highest BCUT2D eigenvalue weighted by atomic mass is 79.9. The lowest BCUT2D eigenvalue weighted by Gasteiger charge is -2.10. The molecule has 0 fully saturated rings. The first kappa shape index (κ1) is 11.4. The largest absolute Gasteiger partial charge is 0.293 e. The molecule has 1 aromatic rings. The Morgan fingerprint density at radius 3 is 2.36 bits per heavy atom. The first-order valence-electron chi connectivity index (χ1n) is 4.84. The van der Waals surface area contributed by atoms with Gasteiger partial charge in [0.05, 0.1) is 4.83 Å². The van der Waals surface area contributed by atoms with E-state index in [-0.39, 0.29) is 10.6 Å². The van der Waals surface area contributed by atoms with Crippen LogP contribution in [0.3, 0.4) is 0 Å². The van der Waals surface area contributed by atoms with E-state index in [1.54, 1.807) is 0 Å². The monoisotopic (exact) mass is 254 g/mol. The van der Waals surface area contributed by atoms with Crippen molar-refractivity contribution in [2.24, 2.45) is 5.92 Å². The lowest BCUT2D eigenvalue weighted by Crippen LogP contribution is -2.16. The van der Waals surface area contributed by atoms with Crippen LogP contribution in [0.2, 0.25) is 0 Å². The molecule has 0 aliphatic rings. The summed E-state index contributed by atoms with van der Waals surface area (Å²) in [5, 5.41) is 0. The maximum absolute atomic E-state index is 11.8. The summed E-state index contributed by atoms with van der Waals surface area (Å²) in [6, 6.07) is 9.42. The number of Topliss-reactive ketones (excluding diaryl/α,β-unsaturated/α-hetero) is 1. The number of benzene rings is 1. The lowest BCUT2D eigenvalue weighted by atomic mass is 10.0. The summed E-state index contributed by atoms with van der Waals surface area (Å²) in [6.45, 7) is 4.24. The van der Waals surface area contributed by atoms with Crippen molar-refractivity contribution in [1.29, 1.82) is 0 Å². The van der Waals surface area contributed by atoms with E-state index in [4.69, 9.17) is 0 Å². The molecular formula is C12H15BrO. The maximum atomic E-state index is 11.8. The van der Waals surface area contributed by atoms with Crippen molar-refractivity contribution in [3.63, 3.8) is 0 Å². The minimum atomic E-state index is -0.0510. The summed E-state index contributed by atoms with van der Waals surface area (Å²) in [4.78, 5) is 11.8. The standard InChI is InChI=1S/C12H15BrO/c1-9(2)8-11(13)12(14)10-6-4-3-5-7-10/h3-7,9,11H,8H2,1-2H3/t11-/m0/s1. The highest BCUT2D eigenvalue weighted by molar-refractivity contribution is 9.10. The number of ketones is 1. The fraction of sp³-hybridized carbons (Fsp3) is 0.417. The summed E-state index contributed by atoms with van der Waals surface area (Å²) in [5.41, 5.74) is 0.787. The fourth-order valence-corrected chi connectivity index (χ4v) is 2.32. The number of hydrogen-bond acceptors (Lipinski definition) is 1. The van der Waals surface area contributed by atoms with Gasteiger partial charge < -0.3 is 0 Å². The van der Waals surface area contributed by atoms with Crippen LogP contribution in [0.25, 0.3) is 0 Å². The van der Waals surface area contributed by atoms with Gasteiger partial charge in [-0.25, -0.2) is 0 Å². The third-order valence-corrected chi connectivity index (χ3v) is 2.81. The van der Waals surface area contributed by atoms with Crippen LogP contribution >= 0.6 is 15.9 Å². The molecule has 76 valence electrons. The minimum absolute atomic E-state index is 0.0510. The van der Waals surface area contributed by atoms with Gasteiger partial charge in [-0.3, -0.25) is 4.79 Å². The summed E-state index contributed by atoms with van der Waals surface area (Å²) < 4.78 is 0. The quantitative estimate of drug-likeness (QED) is 0.592. The summed E-state index contributed by atoms with van der Waals surface area (Å²) in [5.74, 6) is 0.714. The van der Waals surface area contributed by atoms with Crippen molar-refractivity contribution < 1.29 is 4.79 Å². The summed E-state index contributed by atoms with van der Waals surface area (Å²) in [6.07, 6.45) is 0.883. The molecule has 1 nitrogen and oxygen atoms in total. The van der Waals surface area contributed by atoms with Crippen molar-refractivity contribution in [1.82, 2.24) is 0 Å². The van der Waals surface area contributed by atoms with Crippen molar-refractivity contribution in [2.75, 3.05) is 0 Å². The van der Waals surface area contributed by atoms with Crippen molar-refractivity contribution in [3.05, 3.63) is 35.9 Å². The molecule has 0 aromatic heterocycles. The zero-order valence-corrected chi connectivity index (χ0v) is 10.1. The molecule has 0 N–H and O–H groups in total. The molecule has 0 spiro atoms. The number of alkyl halides is 1. The molecular weight excluding hydrogens is 240 g/mol. The van der Waals surface area contributed by atoms with Gasteiger partial charge in [-0.15, -0.1) is 0 Å². The molecule has 1 atom stereocenters. The van der Waals surface area contributed by atoms with Crippen molar-refractivity contribution in [2.45, 2.75) is 25.1 Å². The molecule has 0 aliphatic heterocycles. The zero-order chi connectivity index (χ0) is 10.6. The van der Waals surface area contributed by atoms with Crippen LogP contribution in [0.4, 0.5) is 0 Å². The smallest absolute Gasteiger partial charge is 0.176 e. The van der Waals surface area contributed by atoms with E-state index in [1.807, 2.05) is 30.3 Å². The Hall–Kier alpha value is -0.630. The Morgan fingerprint density at radius 1 is 1.29 bits per heavy atom. The third kappa shape index (κ3) is 3.26. The number of hydrogen-bond donors (Lipinski definition) is 0. The molecule has 0 bridgehead atoms. The Morgan fingerprint density at radius 2 is 1.86 bits per heavy atom. The minimum Gasteiger partial charge on any atom is -0.293 e. The molecule has 0 aliphatic carbocycles. The lowest BCUT2D eigenvalue weighted by molar-refractivity contribution is 0.0984. The highest BCUT2D eigenvalue weighted by Crippen LogP contribution is 2.17. The SMILES string of the molecule is CC(C)C[C@H](Br)C(=O)c1ccccc1. The molecule has 1 rings (SSSR count). The van der Waals surface area contributed by atoms with Gasteiger partial charge in [0.1, 0.15) is 0 Å². The predicted molar refractivity (Wildman–Crippen MR) is 62.9 cm³/mol. The van der Waals surface area contributed by atoms with Crippen LogP contribution in [0, 0.1) is 5.92 Å². The second-order valence-corrected chi connectivity index (χ2v) is 4.93. The Balaban J connectivity index is 2.66. The zero-order valence-electron chi connectivity index (χ0n) is 8.53. The topological polar surface area (TPSA) is 17.1 Å². The van der Waals surface area contributed by atoms with Crippen LogP contribution in [0.15, 0.2) is 30.3 Å². The molecule has 0 amide bonds. The number of halogens is 1. The highest BCUT2D eigenvalue weighted by Gasteiger charge is 2.17. The first-order valence-corrected chi connectivity index (χ1v) is 5.76. The Kier molecular flexibility index (Phi) is 4.33. The average Bonchev–Trinajstić information content (AvgIpc) is 2.17. The van der Waals surface area contributed by atoms with Crippen LogP contribution in [0.5, 0.6) is 0 Å². The second-order valence-electron chi connectivity index (χ2n) is 3.83. The molecule has 1 aromatic carbocycles. The number of carbonyl (C=O) groups excluding carboxylic acids is 1. The molecule has 14 heavy (non-hydrogen) atoms. The first-order chi connectivity index (χ1) is 6.61. The van der Waals surface area contributed by atoms with E-state index < -0.39 is 0 Å². The van der Waals surface area contributed by atoms with Crippen LogP contribution in [0.1, 0.15) is 30.6 Å². The second kappa shape index (κ2) is 5.30. The molecule has 0 unspecified atom stereocenters. The van der Waals surface area contributed by atoms with Crippen LogP contribution in [-0.2, 0) is 0 Å². The maximum Gasteiger partial charge on any atom is 0.176 e. The predicted octanol–water partition coefficient (Wildman–Crippen LogP) is 3.68. The normalized spacial score (nSPS) is 12.9. The van der Waals surface area contributed by atoms with Crippen molar-refractivity contribution >= 4 is 21.7 Å². The van der Waals surface area contributed by atoms with Gasteiger partial charge >= 0.3 is 0 Å². The van der Waals surface area contributed by atoms with E-state index in [1.165, 1.54) is 0 Å². The van der Waals surface area contributed by atoms with E-state index in [2.05, 4.69) is 29.8 Å². The van der Waals surface area contributed by atoms with Gasteiger partial charge in [-0.2, -0.15) is 0 Å². The van der Waals surface area contributed by atoms with Gasteiger partial charge in [0, 0.05) is 5.56 Å². The van der Waals surface area contributed by atoms with Crippen molar-refractivity contribution in [3.8, 4) is 0 Å². The van der Waals surface area contributed by atoms with Gasteiger partial charge in [0.25, 0.3) is 0 Å². The third-order valence-electron chi connectivity index (χ3n) is 2.02. The molecule has 0 saturated heterocycles. The van der Waals surface area contributed by atoms with Crippen LogP contribution in [-0.4, -0.2) is 10.6 Å². The Bertz CT molecular complexity index is 292. The van der Waals surface area contributed by atoms with Gasteiger partial charge in [0.2, 0.25) is 0 Å². The molecule has 0 heterocycles. The van der Waals surface area contributed by atoms with E-state index in [0.29, 0.717) is 5.92 Å². The molecule has 0 radical (unpaired) electrons. The van der Waals surface area contributed by atoms with E-state index in [0.717, 1.165) is 12.0 Å². The van der Waals surface area contributed by atoms with Gasteiger partial charge in [-0.1, -0.05) is 60.1 Å². The summed E-state index contributed by atoms with van der Waals surface area (Å²) in [7, 11) is 0. The fourth-order valence-electron chi connectivity index (χ4n) is 1.30. The summed E-state index contributed by atoms with van der Waals surface area (Å²) >= 11 is 3.43. The molecule has 2 heteroatoms. The number of carbonyl (C=O) groups is 1. The van der Waals surface area contributed by atoms with Gasteiger partial charge in [-0.05, 0) is 12.3 Å².